The molecule has 0 spiro atoms. The van der Waals surface area contributed by atoms with E-state index >= 15 is 0 Å². The van der Waals surface area contributed by atoms with Gasteiger partial charge in [0.25, 0.3) is 0 Å². The Hall–Kier alpha value is -5.01. The molecule has 0 fully saturated rings. The summed E-state index contributed by atoms with van der Waals surface area (Å²) in [5.74, 6) is -0.877. The highest BCUT2D eigenvalue weighted by Gasteiger charge is 2.11. The molecule has 494 valence electrons. The number of hydrogen-bond acceptors (Lipinski definition) is 14. The van der Waals surface area contributed by atoms with Gasteiger partial charge in [0.1, 0.15) is 13.2 Å². The summed E-state index contributed by atoms with van der Waals surface area (Å²) in [5.41, 5.74) is 5.71. The molecule has 0 atom stereocenters. The van der Waals surface area contributed by atoms with Crippen LogP contribution >= 0.6 is 0 Å². The van der Waals surface area contributed by atoms with Crippen LogP contribution in [0.3, 0.4) is 0 Å². The molecule has 84 heavy (non-hydrogen) atoms. The summed E-state index contributed by atoms with van der Waals surface area (Å²) < 4.78 is 33.6. The monoisotopic (exact) mass is 1190 g/mol. The van der Waals surface area contributed by atoms with E-state index in [-0.39, 0.29) is 59.0 Å². The SMILES string of the molecule is CC(=O)OC/C=C(\C)CCC=C(C)C.CCC(=O)OC/C=C(\C)CCC=C(C)C.CCCCCCOC(=O)C(C)C.CCCCCOC(=O)C(C)C.CCCCCOC(=O)CC.COC(=O)C/C=C/C(C)(C)C.COC(=O)CCCC(C)(C)C. The first-order valence-electron chi connectivity index (χ1n) is 31.3. The molecule has 0 saturated heterocycles. The summed E-state index contributed by atoms with van der Waals surface area (Å²) in [6, 6.07) is 0. The highest BCUT2D eigenvalue weighted by molar-refractivity contribution is 5.72. The van der Waals surface area contributed by atoms with Crippen LogP contribution in [0.5, 0.6) is 0 Å². The van der Waals surface area contributed by atoms with E-state index in [0.717, 1.165) is 70.6 Å². The van der Waals surface area contributed by atoms with Gasteiger partial charge in [0.15, 0.2) is 0 Å². The lowest BCUT2D eigenvalue weighted by Crippen LogP contribution is -2.12. The summed E-state index contributed by atoms with van der Waals surface area (Å²) in [4.78, 5) is 75.0. The van der Waals surface area contributed by atoms with E-state index in [1.807, 2.05) is 58.9 Å². The number of carbonyl (C=O) groups excluding carboxylic acids is 7. The van der Waals surface area contributed by atoms with Crippen LogP contribution in [0.2, 0.25) is 0 Å². The van der Waals surface area contributed by atoms with Gasteiger partial charge < -0.3 is 33.2 Å². The maximum absolute atomic E-state index is 11.0. The van der Waals surface area contributed by atoms with Crippen molar-refractivity contribution >= 4 is 41.8 Å². The molecule has 0 radical (unpaired) electrons. The first-order chi connectivity index (χ1) is 39.2. The Bertz CT molecular complexity index is 1780. The fourth-order valence-electron chi connectivity index (χ4n) is 5.72. The largest absolute Gasteiger partial charge is 0.469 e. The van der Waals surface area contributed by atoms with Crippen LogP contribution in [0.4, 0.5) is 0 Å². The molecular weight excluding hydrogens is 1060 g/mol. The molecule has 0 aliphatic heterocycles. The summed E-state index contributed by atoms with van der Waals surface area (Å²) in [6.45, 7) is 46.7. The highest BCUT2D eigenvalue weighted by Crippen LogP contribution is 2.21. The highest BCUT2D eigenvalue weighted by atomic mass is 16.6. The van der Waals surface area contributed by atoms with Crippen molar-refractivity contribution < 1.29 is 66.7 Å². The minimum atomic E-state index is -0.224. The van der Waals surface area contributed by atoms with Gasteiger partial charge in [-0.05, 0) is 122 Å². The standard InChI is InChI=1S/C13H22O2.C12H20O2.C10H20O2.C9H18O2.C9H16O2.C9H18O2.C8H16O2/c1-5-13(14)15-10-9-12(4)8-6-7-11(2)3;1-10(2)6-5-7-11(3)8-9-14-12(4)13;1-4-5-6-7-8-12-10(11)9(2)3;2*1-9(2,3)7-5-6-8(10)11-4;1-4-5-6-7-11-9(10)8(2)3;1-3-5-6-7-10-8(9)4-2/h7,9H,5-6,8,10H2,1-4H3;6,8H,5,7,9H2,1-4H3;9H,4-8H2,1-3H3;5-7H2,1-4H3;5,7H,6H2,1-4H3;8H,4-7H2,1-3H3;3-7H2,1-2H3/b12-9+;11-8+;;;7-5+;;. The molecule has 0 aliphatic rings. The summed E-state index contributed by atoms with van der Waals surface area (Å²) in [7, 11) is 2.83. The van der Waals surface area contributed by atoms with E-state index < -0.39 is 0 Å². The molecule has 0 aromatic carbocycles. The fraction of sp³-hybridized carbons (Fsp3) is 0.757. The average Bonchev–Trinajstić information content (AvgIpc) is 3.41. The Morgan fingerprint density at radius 1 is 0.429 bits per heavy atom. The predicted molar refractivity (Wildman–Crippen MR) is 349 cm³/mol. The zero-order valence-electron chi connectivity index (χ0n) is 58.5. The van der Waals surface area contributed by atoms with Crippen molar-refractivity contribution in [3.63, 3.8) is 0 Å². The first kappa shape index (κ1) is 92.7. The van der Waals surface area contributed by atoms with Gasteiger partial charge in [-0.1, -0.05) is 195 Å². The number of methoxy groups -OCH3 is 2. The molecule has 14 heteroatoms. The molecule has 0 amide bonds. The van der Waals surface area contributed by atoms with Gasteiger partial charge in [-0.25, -0.2) is 0 Å². The molecule has 0 aromatic heterocycles. The van der Waals surface area contributed by atoms with E-state index in [9.17, 15) is 33.6 Å². The van der Waals surface area contributed by atoms with E-state index in [2.05, 4.69) is 125 Å². The van der Waals surface area contributed by atoms with Crippen LogP contribution < -0.4 is 0 Å². The number of esters is 7. The van der Waals surface area contributed by atoms with Crippen molar-refractivity contribution in [1.82, 2.24) is 0 Å². The molecule has 0 heterocycles. The lowest BCUT2D eigenvalue weighted by molar-refractivity contribution is -0.148. The quantitative estimate of drug-likeness (QED) is 0.0268. The van der Waals surface area contributed by atoms with Crippen LogP contribution in [0.15, 0.2) is 58.7 Å². The summed E-state index contributed by atoms with van der Waals surface area (Å²) in [5, 5.41) is 0. The van der Waals surface area contributed by atoms with Crippen molar-refractivity contribution in [3.8, 4) is 0 Å². The van der Waals surface area contributed by atoms with Gasteiger partial charge in [0, 0.05) is 26.2 Å². The lowest BCUT2D eigenvalue weighted by Gasteiger charge is -2.16. The van der Waals surface area contributed by atoms with Gasteiger partial charge in [-0.15, -0.1) is 0 Å². The molecule has 14 nitrogen and oxygen atoms in total. The molecule has 0 saturated carbocycles. The lowest BCUT2D eigenvalue weighted by atomic mass is 9.90. The van der Waals surface area contributed by atoms with E-state index in [4.69, 9.17) is 23.7 Å². The molecule has 0 bridgehead atoms. The number of carbonyl (C=O) groups is 7. The Kier molecular flexibility index (Phi) is 72.3. The average molecular weight is 1200 g/mol. The minimum absolute atomic E-state index is 0.0103. The molecule has 0 rings (SSSR count). The second-order valence-corrected chi connectivity index (χ2v) is 23.8. The fourth-order valence-corrected chi connectivity index (χ4v) is 5.72. The van der Waals surface area contributed by atoms with Crippen molar-refractivity contribution in [2.24, 2.45) is 22.7 Å². The number of ether oxygens (including phenoxy) is 7. The predicted octanol–water partition coefficient (Wildman–Crippen LogP) is 18.7. The number of hydrogen-bond donors (Lipinski definition) is 0. The van der Waals surface area contributed by atoms with Gasteiger partial charge >= 0.3 is 41.8 Å². The Labute approximate surface area is 515 Å². The minimum Gasteiger partial charge on any atom is -0.469 e. The Morgan fingerprint density at radius 3 is 1.15 bits per heavy atom. The maximum Gasteiger partial charge on any atom is 0.309 e. The Balaban J connectivity index is -0.000000165. The molecule has 0 aromatic rings. The molecule has 0 aliphatic carbocycles. The van der Waals surface area contributed by atoms with Gasteiger partial charge in [-0.3, -0.25) is 33.6 Å². The van der Waals surface area contributed by atoms with Crippen LogP contribution in [-0.2, 0) is 66.7 Å². The second kappa shape index (κ2) is 65.5. The van der Waals surface area contributed by atoms with Gasteiger partial charge in [0.2, 0.25) is 0 Å². The number of unbranched alkanes of at least 4 members (excludes halogenated alkanes) is 7. The maximum atomic E-state index is 11.0. The Morgan fingerprint density at radius 2 is 0.810 bits per heavy atom. The molecule has 0 unspecified atom stereocenters. The van der Waals surface area contributed by atoms with Crippen LogP contribution in [-0.4, -0.2) is 89.0 Å². The van der Waals surface area contributed by atoms with Crippen LogP contribution in [0.25, 0.3) is 0 Å². The third-order valence-electron chi connectivity index (χ3n) is 11.0. The zero-order chi connectivity index (χ0) is 66.4. The summed E-state index contributed by atoms with van der Waals surface area (Å²) in [6.07, 6.45) is 31.5. The van der Waals surface area contributed by atoms with Crippen molar-refractivity contribution in [3.05, 3.63) is 58.7 Å². The van der Waals surface area contributed by atoms with Crippen LogP contribution in [0.1, 0.15) is 281 Å². The third kappa shape index (κ3) is 96.2. The van der Waals surface area contributed by atoms with E-state index in [1.54, 1.807) is 6.92 Å². The van der Waals surface area contributed by atoms with E-state index in [1.165, 1.54) is 75.5 Å². The van der Waals surface area contributed by atoms with Crippen molar-refractivity contribution in [2.75, 3.05) is 47.3 Å². The normalized spacial score (nSPS) is 10.8. The first-order valence-corrected chi connectivity index (χ1v) is 31.3. The van der Waals surface area contributed by atoms with Gasteiger partial charge in [0.05, 0.1) is 52.3 Å². The van der Waals surface area contributed by atoms with Gasteiger partial charge in [-0.2, -0.15) is 0 Å². The smallest absolute Gasteiger partial charge is 0.309 e. The second-order valence-electron chi connectivity index (χ2n) is 23.8. The molecule has 0 N–H and O–H groups in total. The van der Waals surface area contributed by atoms with Crippen LogP contribution in [0, 0.1) is 22.7 Å². The van der Waals surface area contributed by atoms with Crippen molar-refractivity contribution in [2.45, 2.75) is 281 Å². The number of rotatable bonds is 32. The summed E-state index contributed by atoms with van der Waals surface area (Å²) >= 11 is 0. The van der Waals surface area contributed by atoms with E-state index in [0.29, 0.717) is 64.1 Å². The molecular formula is C70H130O14. The van der Waals surface area contributed by atoms with Crippen molar-refractivity contribution in [1.29, 1.82) is 0 Å². The zero-order valence-corrected chi connectivity index (χ0v) is 58.5. The third-order valence-corrected chi connectivity index (χ3v) is 11.0. The number of allylic oxidation sites excluding steroid dienone is 7. The topological polar surface area (TPSA) is 184 Å².